The van der Waals surface area contributed by atoms with E-state index >= 15 is 0 Å². The first-order valence-corrected chi connectivity index (χ1v) is 4.95. The summed E-state index contributed by atoms with van der Waals surface area (Å²) in [5.74, 6) is 0. The second-order valence-electron chi connectivity index (χ2n) is 1.66. The molecule has 0 aromatic heterocycles. The molecule has 1 N–H and O–H groups in total. The van der Waals surface area contributed by atoms with E-state index in [0.717, 1.165) is 13.1 Å². The molecule has 0 aromatic rings. The highest BCUT2D eigenvalue weighted by Crippen LogP contribution is 1.49. The Bertz CT molecular complexity index is 22.5. The maximum Gasteiger partial charge on any atom is 0.00244 e. The van der Waals surface area contributed by atoms with E-state index in [-0.39, 0.29) is 0 Å². The quantitative estimate of drug-likeness (QED) is 0.538. The molecule has 0 saturated carbocycles. The summed E-state index contributed by atoms with van der Waals surface area (Å²) in [4.78, 5) is 0. The van der Waals surface area contributed by atoms with Gasteiger partial charge in [-0.15, -0.1) is 0 Å². The molecule has 0 radical (unpaired) electrons. The van der Waals surface area contributed by atoms with Crippen LogP contribution in [-0.2, 0) is 0 Å². The van der Waals surface area contributed by atoms with Gasteiger partial charge in [-0.1, -0.05) is 26.8 Å². The molecule has 0 atom stereocenters. The van der Waals surface area contributed by atoms with Crippen LogP contribution in [0.15, 0.2) is 0 Å². The largest absolute Gasteiger partial charge is 0.317 e. The minimum Gasteiger partial charge on any atom is -0.317 e. The highest BCUT2D eigenvalue weighted by atomic mass is 28.1. The molecule has 0 fully saturated rings. The summed E-state index contributed by atoms with van der Waals surface area (Å²) in [6, 6.07) is 1.39. The topological polar surface area (TPSA) is 12.0 Å². The molecule has 0 heterocycles. The Hall–Kier alpha value is 0.177. The van der Waals surface area contributed by atoms with Gasteiger partial charge in [-0.05, 0) is 13.1 Å². The van der Waals surface area contributed by atoms with Gasteiger partial charge in [-0.2, -0.15) is 0 Å². The van der Waals surface area contributed by atoms with Crippen LogP contribution in [0.2, 0.25) is 6.04 Å². The summed E-state index contributed by atoms with van der Waals surface area (Å²) in [6.07, 6.45) is 0. The van der Waals surface area contributed by atoms with Crippen LogP contribution in [0.4, 0.5) is 0 Å². The Morgan fingerprint density at radius 3 is 1.38 bits per heavy atom. The lowest BCUT2D eigenvalue weighted by molar-refractivity contribution is 0.762. The van der Waals surface area contributed by atoms with Gasteiger partial charge >= 0.3 is 0 Å². The molecule has 2 heteroatoms. The van der Waals surface area contributed by atoms with Gasteiger partial charge in [0.15, 0.2) is 0 Å². The standard InChI is InChI=1S/C4H11N.C2H8Si/c1-3-5-4-2;1-2-3/h5H,3-4H2,1-2H3;2H2,1,3H3. The van der Waals surface area contributed by atoms with Crippen LogP contribution in [0.5, 0.6) is 0 Å². The van der Waals surface area contributed by atoms with Crippen LogP contribution in [0.3, 0.4) is 0 Å². The Labute approximate surface area is 56.3 Å². The third-order valence-corrected chi connectivity index (χ3v) is 0.500. The number of nitrogens with one attached hydrogen (secondary N) is 1. The summed E-state index contributed by atoms with van der Waals surface area (Å²) in [6.45, 7) is 8.58. The van der Waals surface area contributed by atoms with E-state index in [1.807, 2.05) is 0 Å². The summed E-state index contributed by atoms with van der Waals surface area (Å²) in [7, 11) is 1.37. The van der Waals surface area contributed by atoms with E-state index < -0.39 is 0 Å². The molecule has 8 heavy (non-hydrogen) atoms. The molecule has 0 aromatic carbocycles. The highest BCUT2D eigenvalue weighted by Gasteiger charge is 1.62. The van der Waals surface area contributed by atoms with Crippen molar-refractivity contribution < 1.29 is 0 Å². The Morgan fingerprint density at radius 1 is 1.12 bits per heavy atom. The summed E-state index contributed by atoms with van der Waals surface area (Å²) >= 11 is 0. The second kappa shape index (κ2) is 15.7. The predicted octanol–water partition coefficient (Wildman–Crippen LogP) is 0.406. The smallest absolute Gasteiger partial charge is 0.00244 e. The van der Waals surface area contributed by atoms with E-state index in [9.17, 15) is 0 Å². The van der Waals surface area contributed by atoms with Crippen molar-refractivity contribution in [3.8, 4) is 0 Å². The maximum atomic E-state index is 3.11. The van der Waals surface area contributed by atoms with Crippen LogP contribution in [-0.4, -0.2) is 23.3 Å². The van der Waals surface area contributed by atoms with Gasteiger partial charge in [0, 0.05) is 10.2 Å². The zero-order valence-electron chi connectivity index (χ0n) is 6.62. The van der Waals surface area contributed by atoms with Gasteiger partial charge in [-0.25, -0.2) is 0 Å². The van der Waals surface area contributed by atoms with Crippen molar-refractivity contribution in [1.29, 1.82) is 0 Å². The molecule has 1 nitrogen and oxygen atoms in total. The average Bonchev–Trinajstić information content (AvgIpc) is 1.71. The van der Waals surface area contributed by atoms with Crippen LogP contribution in [0.25, 0.3) is 0 Å². The van der Waals surface area contributed by atoms with Crippen molar-refractivity contribution in [3.05, 3.63) is 0 Å². The van der Waals surface area contributed by atoms with Crippen molar-refractivity contribution in [3.63, 3.8) is 0 Å². The van der Waals surface area contributed by atoms with Crippen molar-refractivity contribution in [1.82, 2.24) is 5.32 Å². The van der Waals surface area contributed by atoms with E-state index in [4.69, 9.17) is 0 Å². The Balaban J connectivity index is 0. The SMILES string of the molecule is CCNCC.CC[SiH3]. The van der Waals surface area contributed by atoms with Crippen molar-refractivity contribution >= 4 is 10.2 Å². The average molecular weight is 133 g/mol. The summed E-state index contributed by atoms with van der Waals surface area (Å²) < 4.78 is 0. The Morgan fingerprint density at radius 2 is 1.38 bits per heavy atom. The molecule has 0 unspecified atom stereocenters. The molecule has 0 saturated heterocycles. The molecule has 52 valence electrons. The fourth-order valence-corrected chi connectivity index (χ4v) is 0.250. The predicted molar refractivity (Wildman–Crippen MR) is 44.6 cm³/mol. The normalized spacial score (nSPS) is 7.88. The zero-order chi connectivity index (χ0) is 6.83. The fraction of sp³-hybridized carbons (Fsp3) is 1.00. The van der Waals surface area contributed by atoms with Crippen LogP contribution in [0, 0.1) is 0 Å². The number of rotatable bonds is 2. The van der Waals surface area contributed by atoms with Crippen LogP contribution in [0.1, 0.15) is 20.8 Å². The number of hydrogen-bond acceptors (Lipinski definition) is 1. The lowest BCUT2D eigenvalue weighted by atomic mass is 10.7. The molecule has 0 amide bonds. The van der Waals surface area contributed by atoms with Gasteiger partial charge < -0.3 is 5.32 Å². The molecule has 0 aliphatic carbocycles. The molecule has 0 aliphatic heterocycles. The monoisotopic (exact) mass is 133 g/mol. The maximum absolute atomic E-state index is 3.11. The van der Waals surface area contributed by atoms with Gasteiger partial charge in [0.1, 0.15) is 0 Å². The third-order valence-electron chi connectivity index (χ3n) is 0.500. The lowest BCUT2D eigenvalue weighted by Crippen LogP contribution is -2.09. The van der Waals surface area contributed by atoms with Crippen molar-refractivity contribution in [2.24, 2.45) is 0 Å². The molecular weight excluding hydrogens is 114 g/mol. The fourth-order valence-electron chi connectivity index (χ4n) is 0.250. The minimum absolute atomic E-state index is 1.09. The Kier molecular flexibility index (Phi) is 21.7. The van der Waals surface area contributed by atoms with E-state index in [1.54, 1.807) is 0 Å². The molecule has 0 bridgehead atoms. The summed E-state index contributed by atoms with van der Waals surface area (Å²) in [5.41, 5.74) is 0. The van der Waals surface area contributed by atoms with Gasteiger partial charge in [0.05, 0.1) is 0 Å². The van der Waals surface area contributed by atoms with Crippen LogP contribution >= 0.6 is 0 Å². The minimum atomic E-state index is 1.09. The van der Waals surface area contributed by atoms with E-state index in [1.165, 1.54) is 16.3 Å². The van der Waals surface area contributed by atoms with Crippen molar-refractivity contribution in [2.75, 3.05) is 13.1 Å². The molecule has 0 rings (SSSR count). The molecule has 0 aliphatic rings. The van der Waals surface area contributed by atoms with Crippen molar-refractivity contribution in [2.45, 2.75) is 26.8 Å². The highest BCUT2D eigenvalue weighted by molar-refractivity contribution is 6.08. The lowest BCUT2D eigenvalue weighted by Gasteiger charge is -1.86. The van der Waals surface area contributed by atoms with E-state index in [2.05, 4.69) is 26.1 Å². The second-order valence-corrected chi connectivity index (χ2v) is 3.08. The van der Waals surface area contributed by atoms with Gasteiger partial charge in [-0.3, -0.25) is 0 Å². The first-order valence-electron chi connectivity index (χ1n) is 3.54. The summed E-state index contributed by atoms with van der Waals surface area (Å²) in [5, 5.41) is 3.11. The zero-order valence-corrected chi connectivity index (χ0v) is 8.62. The first kappa shape index (κ1) is 11.0. The van der Waals surface area contributed by atoms with Crippen LogP contribution < -0.4 is 5.32 Å². The van der Waals surface area contributed by atoms with E-state index in [0.29, 0.717) is 0 Å². The number of hydrogen-bond donors (Lipinski definition) is 1. The third kappa shape index (κ3) is 34.9. The van der Waals surface area contributed by atoms with Gasteiger partial charge in [0.25, 0.3) is 0 Å². The first-order chi connectivity index (χ1) is 3.83. The molecule has 0 spiro atoms. The van der Waals surface area contributed by atoms with Gasteiger partial charge in [0.2, 0.25) is 0 Å². The molecular formula is C6H19NSi.